The number of hydrogen-bond donors (Lipinski definition) is 0. The molecule has 1 saturated heterocycles. The van der Waals surface area contributed by atoms with E-state index in [0.717, 1.165) is 37.6 Å². The zero-order chi connectivity index (χ0) is 16.0. The van der Waals surface area contributed by atoms with E-state index in [0.29, 0.717) is 13.0 Å². The SMILES string of the molecule is COC(=O)Cc1ccc(OCCN2CCOCC2(C)C)cc1. The van der Waals surface area contributed by atoms with Gasteiger partial charge in [-0.3, -0.25) is 9.69 Å². The summed E-state index contributed by atoms with van der Waals surface area (Å²) < 4.78 is 16.0. The maximum absolute atomic E-state index is 11.2. The molecular weight excluding hydrogens is 282 g/mol. The second-order valence-electron chi connectivity index (χ2n) is 6.10. The van der Waals surface area contributed by atoms with Crippen LogP contribution in [-0.4, -0.2) is 56.4 Å². The minimum absolute atomic E-state index is 0.0615. The van der Waals surface area contributed by atoms with E-state index in [1.54, 1.807) is 0 Å². The molecule has 2 rings (SSSR count). The van der Waals surface area contributed by atoms with Gasteiger partial charge in [-0.1, -0.05) is 12.1 Å². The molecule has 0 saturated carbocycles. The van der Waals surface area contributed by atoms with E-state index in [-0.39, 0.29) is 11.5 Å². The average Bonchev–Trinajstić information content (AvgIpc) is 2.50. The van der Waals surface area contributed by atoms with Crippen LogP contribution in [0.3, 0.4) is 0 Å². The van der Waals surface area contributed by atoms with Gasteiger partial charge in [0.25, 0.3) is 0 Å². The number of ether oxygens (including phenoxy) is 3. The third-order valence-corrected chi connectivity index (χ3v) is 3.95. The van der Waals surface area contributed by atoms with Gasteiger partial charge in [0.1, 0.15) is 12.4 Å². The van der Waals surface area contributed by atoms with Crippen molar-refractivity contribution in [2.24, 2.45) is 0 Å². The molecule has 0 aliphatic carbocycles. The van der Waals surface area contributed by atoms with Gasteiger partial charge in [0.15, 0.2) is 0 Å². The van der Waals surface area contributed by atoms with Crippen molar-refractivity contribution in [2.75, 3.05) is 40.0 Å². The lowest BCUT2D eigenvalue weighted by Gasteiger charge is -2.41. The second kappa shape index (κ2) is 7.61. The molecule has 5 nitrogen and oxygen atoms in total. The van der Waals surface area contributed by atoms with Crippen molar-refractivity contribution in [3.05, 3.63) is 29.8 Å². The number of rotatable bonds is 6. The molecule has 1 heterocycles. The Kier molecular flexibility index (Phi) is 5.80. The van der Waals surface area contributed by atoms with Crippen molar-refractivity contribution in [3.8, 4) is 5.75 Å². The van der Waals surface area contributed by atoms with E-state index in [1.807, 2.05) is 24.3 Å². The van der Waals surface area contributed by atoms with Gasteiger partial charge in [-0.25, -0.2) is 0 Å². The van der Waals surface area contributed by atoms with Gasteiger partial charge < -0.3 is 14.2 Å². The molecule has 1 aromatic rings. The normalized spacial score (nSPS) is 18.0. The van der Waals surface area contributed by atoms with Gasteiger partial charge in [0.2, 0.25) is 0 Å². The zero-order valence-electron chi connectivity index (χ0n) is 13.6. The smallest absolute Gasteiger partial charge is 0.309 e. The van der Waals surface area contributed by atoms with E-state index in [4.69, 9.17) is 9.47 Å². The highest BCUT2D eigenvalue weighted by molar-refractivity contribution is 5.72. The maximum atomic E-state index is 11.2. The Morgan fingerprint density at radius 1 is 1.32 bits per heavy atom. The van der Waals surface area contributed by atoms with Crippen LogP contribution in [-0.2, 0) is 20.7 Å². The summed E-state index contributed by atoms with van der Waals surface area (Å²) in [5, 5.41) is 0. The lowest BCUT2D eigenvalue weighted by atomic mass is 10.0. The van der Waals surface area contributed by atoms with Crippen molar-refractivity contribution in [1.29, 1.82) is 0 Å². The second-order valence-corrected chi connectivity index (χ2v) is 6.10. The van der Waals surface area contributed by atoms with Crippen LogP contribution in [0.4, 0.5) is 0 Å². The van der Waals surface area contributed by atoms with Crippen LogP contribution in [0.5, 0.6) is 5.75 Å². The molecule has 0 spiro atoms. The van der Waals surface area contributed by atoms with Crippen LogP contribution < -0.4 is 4.74 Å². The fourth-order valence-corrected chi connectivity index (χ4v) is 2.52. The minimum Gasteiger partial charge on any atom is -0.492 e. The first-order valence-corrected chi connectivity index (χ1v) is 7.62. The Morgan fingerprint density at radius 3 is 2.68 bits per heavy atom. The number of methoxy groups -OCH3 is 1. The number of hydrogen-bond acceptors (Lipinski definition) is 5. The summed E-state index contributed by atoms with van der Waals surface area (Å²) in [6.07, 6.45) is 0.290. The van der Waals surface area contributed by atoms with Gasteiger partial charge in [-0.15, -0.1) is 0 Å². The predicted molar refractivity (Wildman–Crippen MR) is 84.1 cm³/mol. The van der Waals surface area contributed by atoms with Crippen LogP contribution in [0.1, 0.15) is 19.4 Å². The van der Waals surface area contributed by atoms with Crippen LogP contribution >= 0.6 is 0 Å². The summed E-state index contributed by atoms with van der Waals surface area (Å²) in [6.45, 7) is 8.37. The summed E-state index contributed by atoms with van der Waals surface area (Å²) in [5.74, 6) is 0.586. The van der Waals surface area contributed by atoms with Crippen molar-refractivity contribution in [2.45, 2.75) is 25.8 Å². The molecule has 0 amide bonds. The standard InChI is InChI=1S/C17H25NO4/c1-17(2)13-21-10-8-18(17)9-11-22-15-6-4-14(5-7-15)12-16(19)20-3/h4-7H,8-13H2,1-3H3. The molecule has 1 aliphatic rings. The first-order valence-electron chi connectivity index (χ1n) is 7.62. The van der Waals surface area contributed by atoms with Crippen LogP contribution in [0.15, 0.2) is 24.3 Å². The highest BCUT2D eigenvalue weighted by Gasteiger charge is 2.29. The molecule has 22 heavy (non-hydrogen) atoms. The molecule has 0 N–H and O–H groups in total. The number of carbonyl (C=O) groups is 1. The molecule has 1 aliphatic heterocycles. The molecule has 5 heteroatoms. The summed E-state index contributed by atoms with van der Waals surface area (Å²) in [6, 6.07) is 7.57. The third-order valence-electron chi connectivity index (χ3n) is 3.95. The highest BCUT2D eigenvalue weighted by Crippen LogP contribution is 2.19. The Hall–Kier alpha value is -1.59. The van der Waals surface area contributed by atoms with Crippen molar-refractivity contribution in [3.63, 3.8) is 0 Å². The fraction of sp³-hybridized carbons (Fsp3) is 0.588. The Labute approximate surface area is 132 Å². The van der Waals surface area contributed by atoms with Crippen LogP contribution in [0.2, 0.25) is 0 Å². The monoisotopic (exact) mass is 307 g/mol. The first-order chi connectivity index (χ1) is 10.5. The summed E-state index contributed by atoms with van der Waals surface area (Å²) in [5.41, 5.74) is 0.986. The quantitative estimate of drug-likeness (QED) is 0.751. The highest BCUT2D eigenvalue weighted by atomic mass is 16.5. The predicted octanol–water partition coefficient (Wildman–Crippen LogP) is 1.89. The van der Waals surface area contributed by atoms with Gasteiger partial charge >= 0.3 is 5.97 Å². The maximum Gasteiger partial charge on any atom is 0.309 e. The minimum atomic E-state index is -0.233. The molecule has 122 valence electrons. The summed E-state index contributed by atoms with van der Waals surface area (Å²) in [7, 11) is 1.40. The van der Waals surface area contributed by atoms with E-state index >= 15 is 0 Å². The van der Waals surface area contributed by atoms with E-state index < -0.39 is 0 Å². The van der Waals surface area contributed by atoms with Crippen molar-refractivity contribution < 1.29 is 19.0 Å². The topological polar surface area (TPSA) is 48.0 Å². The molecule has 0 radical (unpaired) electrons. The summed E-state index contributed by atoms with van der Waals surface area (Å²) >= 11 is 0. The molecular formula is C17H25NO4. The van der Waals surface area contributed by atoms with Crippen molar-refractivity contribution in [1.82, 2.24) is 4.90 Å². The Balaban J connectivity index is 1.78. The van der Waals surface area contributed by atoms with E-state index in [2.05, 4.69) is 23.5 Å². The molecule has 0 bridgehead atoms. The average molecular weight is 307 g/mol. The Bertz CT molecular complexity index is 484. The number of benzene rings is 1. The number of morpholine rings is 1. The molecule has 0 unspecified atom stereocenters. The molecule has 1 aromatic carbocycles. The van der Waals surface area contributed by atoms with Crippen LogP contribution in [0, 0.1) is 0 Å². The number of nitrogens with zero attached hydrogens (tertiary/aromatic N) is 1. The molecule has 1 fully saturated rings. The number of carbonyl (C=O) groups excluding carboxylic acids is 1. The third kappa shape index (κ3) is 4.71. The lowest BCUT2D eigenvalue weighted by molar-refractivity contribution is -0.139. The van der Waals surface area contributed by atoms with Gasteiger partial charge in [-0.2, -0.15) is 0 Å². The lowest BCUT2D eigenvalue weighted by Crippen LogP contribution is -2.54. The van der Waals surface area contributed by atoms with Gasteiger partial charge in [0, 0.05) is 18.6 Å². The zero-order valence-corrected chi connectivity index (χ0v) is 13.6. The Morgan fingerprint density at radius 2 is 2.05 bits per heavy atom. The largest absolute Gasteiger partial charge is 0.492 e. The first kappa shape index (κ1) is 16.8. The molecule has 0 atom stereocenters. The fourth-order valence-electron chi connectivity index (χ4n) is 2.52. The summed E-state index contributed by atoms with van der Waals surface area (Å²) in [4.78, 5) is 13.6. The number of esters is 1. The van der Waals surface area contributed by atoms with Crippen LogP contribution in [0.25, 0.3) is 0 Å². The van der Waals surface area contributed by atoms with E-state index in [1.165, 1.54) is 7.11 Å². The van der Waals surface area contributed by atoms with Crippen molar-refractivity contribution >= 4 is 5.97 Å². The van der Waals surface area contributed by atoms with Gasteiger partial charge in [-0.05, 0) is 31.5 Å². The van der Waals surface area contributed by atoms with E-state index in [9.17, 15) is 4.79 Å². The molecule has 0 aromatic heterocycles. The van der Waals surface area contributed by atoms with Gasteiger partial charge in [0.05, 0.1) is 26.7 Å².